The van der Waals surface area contributed by atoms with E-state index in [1.54, 1.807) is 0 Å². The normalized spacial score (nSPS) is 20.0. The van der Waals surface area contributed by atoms with Crippen LogP contribution in [0.4, 0.5) is 0 Å². The molecule has 0 saturated heterocycles. The molecule has 4 heteroatoms. The van der Waals surface area contributed by atoms with Crippen molar-refractivity contribution in [2.75, 3.05) is 7.11 Å². The second-order valence-corrected chi connectivity index (χ2v) is 8.49. The summed E-state index contributed by atoms with van der Waals surface area (Å²) >= 11 is 0. The number of aliphatic hydroxyl groups is 1. The molecular formula is C25H38O4. The molecule has 2 rings (SSSR count). The average Bonchev–Trinajstić information content (AvgIpc) is 3.09. The molecule has 1 aliphatic rings. The third-order valence-electron chi connectivity index (χ3n) is 6.24. The Balaban J connectivity index is 1.80. The van der Waals surface area contributed by atoms with Crippen LogP contribution in [-0.4, -0.2) is 30.1 Å². The summed E-state index contributed by atoms with van der Waals surface area (Å²) in [6.07, 6.45) is 10.5. The van der Waals surface area contributed by atoms with Crippen LogP contribution in [0.2, 0.25) is 0 Å². The van der Waals surface area contributed by atoms with Crippen molar-refractivity contribution in [2.45, 2.75) is 96.0 Å². The first-order chi connectivity index (χ1) is 14.0. The highest BCUT2D eigenvalue weighted by Gasteiger charge is 2.34. The maximum absolute atomic E-state index is 12.4. The molecule has 0 radical (unpaired) electrons. The molecule has 3 atom stereocenters. The van der Waals surface area contributed by atoms with Gasteiger partial charge in [-0.25, -0.2) is 0 Å². The first kappa shape index (κ1) is 23.6. The number of rotatable bonds is 13. The van der Waals surface area contributed by atoms with Crippen LogP contribution in [0.5, 0.6) is 0 Å². The lowest BCUT2D eigenvalue weighted by atomic mass is 9.84. The van der Waals surface area contributed by atoms with Gasteiger partial charge in [0.15, 0.2) is 0 Å². The topological polar surface area (TPSA) is 63.6 Å². The van der Waals surface area contributed by atoms with Gasteiger partial charge in [0, 0.05) is 18.8 Å². The fraction of sp³-hybridized carbons (Fsp3) is 0.680. The van der Waals surface area contributed by atoms with Gasteiger partial charge < -0.3 is 9.84 Å². The van der Waals surface area contributed by atoms with Gasteiger partial charge in [0.2, 0.25) is 0 Å². The summed E-state index contributed by atoms with van der Waals surface area (Å²) in [6.45, 7) is 2.14. The van der Waals surface area contributed by atoms with E-state index in [0.717, 1.165) is 57.8 Å². The van der Waals surface area contributed by atoms with E-state index in [-0.39, 0.29) is 18.0 Å². The Kier molecular flexibility index (Phi) is 10.4. The first-order valence-corrected chi connectivity index (χ1v) is 11.4. The Hall–Kier alpha value is -1.68. The molecular weight excluding hydrogens is 364 g/mol. The molecule has 0 bridgehead atoms. The number of carbonyl (C=O) groups is 2. The summed E-state index contributed by atoms with van der Waals surface area (Å²) in [5.74, 6) is 0.731. The van der Waals surface area contributed by atoms with Crippen molar-refractivity contribution in [3.05, 3.63) is 35.4 Å². The second-order valence-electron chi connectivity index (χ2n) is 8.49. The SMILES string of the molecule is CCCCC(O)Cc1ccc([C@H]2CCC(=O)[C@@H]2CCCCCCC(=O)OC)cc1. The molecule has 1 fully saturated rings. The van der Waals surface area contributed by atoms with Gasteiger partial charge in [-0.3, -0.25) is 9.59 Å². The van der Waals surface area contributed by atoms with Crippen LogP contribution >= 0.6 is 0 Å². The third kappa shape index (κ3) is 7.93. The molecule has 162 valence electrons. The van der Waals surface area contributed by atoms with E-state index >= 15 is 0 Å². The van der Waals surface area contributed by atoms with Crippen molar-refractivity contribution < 1.29 is 19.4 Å². The Morgan fingerprint density at radius 1 is 1.14 bits per heavy atom. The minimum absolute atomic E-state index is 0.136. The summed E-state index contributed by atoms with van der Waals surface area (Å²) in [4.78, 5) is 23.6. The van der Waals surface area contributed by atoms with E-state index in [4.69, 9.17) is 0 Å². The average molecular weight is 403 g/mol. The van der Waals surface area contributed by atoms with Crippen LogP contribution in [0.1, 0.15) is 94.6 Å². The molecule has 0 amide bonds. The van der Waals surface area contributed by atoms with Crippen molar-refractivity contribution in [1.82, 2.24) is 0 Å². The minimum atomic E-state index is -0.263. The van der Waals surface area contributed by atoms with Gasteiger partial charge in [0.1, 0.15) is 5.78 Å². The number of ketones is 1. The van der Waals surface area contributed by atoms with Crippen molar-refractivity contribution in [3.8, 4) is 0 Å². The van der Waals surface area contributed by atoms with Crippen LogP contribution in [0.25, 0.3) is 0 Å². The van der Waals surface area contributed by atoms with Crippen molar-refractivity contribution in [1.29, 1.82) is 0 Å². The number of methoxy groups -OCH3 is 1. The van der Waals surface area contributed by atoms with Crippen LogP contribution in [0.15, 0.2) is 24.3 Å². The number of hydrogen-bond donors (Lipinski definition) is 1. The summed E-state index contributed by atoms with van der Waals surface area (Å²) in [5.41, 5.74) is 2.43. The molecule has 0 aliphatic heterocycles. The Bertz CT molecular complexity index is 622. The summed E-state index contributed by atoms with van der Waals surface area (Å²) in [5, 5.41) is 10.1. The summed E-state index contributed by atoms with van der Waals surface area (Å²) in [6, 6.07) is 8.57. The van der Waals surface area contributed by atoms with Crippen LogP contribution in [0, 0.1) is 5.92 Å². The lowest BCUT2D eigenvalue weighted by Crippen LogP contribution is -2.14. The number of hydrogen-bond acceptors (Lipinski definition) is 4. The van der Waals surface area contributed by atoms with Crippen LogP contribution in [0.3, 0.4) is 0 Å². The highest BCUT2D eigenvalue weighted by molar-refractivity contribution is 5.84. The molecule has 1 N–H and O–H groups in total. The van der Waals surface area contributed by atoms with Gasteiger partial charge in [0.25, 0.3) is 0 Å². The van der Waals surface area contributed by atoms with Crippen LogP contribution < -0.4 is 0 Å². The second kappa shape index (κ2) is 12.8. The molecule has 1 saturated carbocycles. The van der Waals surface area contributed by atoms with Gasteiger partial charge in [-0.15, -0.1) is 0 Å². The Morgan fingerprint density at radius 2 is 1.86 bits per heavy atom. The van der Waals surface area contributed by atoms with Crippen molar-refractivity contribution in [2.24, 2.45) is 5.92 Å². The maximum Gasteiger partial charge on any atom is 0.305 e. The molecule has 1 aliphatic carbocycles. The fourth-order valence-electron chi connectivity index (χ4n) is 4.47. The van der Waals surface area contributed by atoms with Gasteiger partial charge in [-0.05, 0) is 49.1 Å². The number of Topliss-reactive ketones (excluding diaryl/α,β-unsaturated/α-hetero) is 1. The molecule has 1 unspecified atom stereocenters. The maximum atomic E-state index is 12.4. The lowest BCUT2D eigenvalue weighted by Gasteiger charge is -2.19. The molecule has 29 heavy (non-hydrogen) atoms. The zero-order valence-corrected chi connectivity index (χ0v) is 18.2. The predicted octanol–water partition coefficient (Wildman–Crippen LogP) is 5.36. The first-order valence-electron chi connectivity index (χ1n) is 11.4. The molecule has 0 spiro atoms. The van der Waals surface area contributed by atoms with Gasteiger partial charge in [-0.1, -0.05) is 63.3 Å². The van der Waals surface area contributed by atoms with Crippen LogP contribution in [-0.2, 0) is 20.7 Å². The van der Waals surface area contributed by atoms with E-state index in [2.05, 4.69) is 35.9 Å². The highest BCUT2D eigenvalue weighted by Crippen LogP contribution is 2.40. The van der Waals surface area contributed by atoms with Gasteiger partial charge in [0.05, 0.1) is 13.2 Å². The highest BCUT2D eigenvalue weighted by atomic mass is 16.5. The summed E-state index contributed by atoms with van der Waals surface area (Å²) < 4.78 is 4.66. The zero-order valence-electron chi connectivity index (χ0n) is 18.2. The molecule has 0 aromatic heterocycles. The molecule has 0 heterocycles. The number of aliphatic hydroxyl groups excluding tert-OH is 1. The van der Waals surface area contributed by atoms with E-state index in [0.29, 0.717) is 31.0 Å². The van der Waals surface area contributed by atoms with E-state index in [1.807, 2.05) is 0 Å². The van der Waals surface area contributed by atoms with E-state index < -0.39 is 0 Å². The number of benzene rings is 1. The lowest BCUT2D eigenvalue weighted by molar-refractivity contribution is -0.140. The zero-order chi connectivity index (χ0) is 21.1. The number of unbranched alkanes of at least 4 members (excludes halogenated alkanes) is 4. The van der Waals surface area contributed by atoms with Crippen molar-refractivity contribution in [3.63, 3.8) is 0 Å². The molecule has 1 aromatic rings. The number of esters is 1. The quantitative estimate of drug-likeness (QED) is 0.356. The Labute approximate surface area is 176 Å². The standard InChI is InChI=1S/C25H38O4/c1-3-4-9-21(26)18-19-12-14-20(15-13-19)22-16-17-24(27)23(22)10-7-5-6-8-11-25(28)29-2/h12-15,21-23,26H,3-11,16-18H2,1-2H3/t21?,22-,23-/m1/s1. The van der Waals surface area contributed by atoms with Gasteiger partial charge >= 0.3 is 5.97 Å². The fourth-order valence-corrected chi connectivity index (χ4v) is 4.47. The molecule has 4 nitrogen and oxygen atoms in total. The number of carbonyl (C=O) groups excluding carboxylic acids is 2. The van der Waals surface area contributed by atoms with E-state index in [9.17, 15) is 14.7 Å². The predicted molar refractivity (Wildman–Crippen MR) is 116 cm³/mol. The van der Waals surface area contributed by atoms with Crippen molar-refractivity contribution >= 4 is 11.8 Å². The third-order valence-corrected chi connectivity index (χ3v) is 6.24. The molecule has 1 aromatic carbocycles. The minimum Gasteiger partial charge on any atom is -0.469 e. The summed E-state index contributed by atoms with van der Waals surface area (Å²) in [7, 11) is 1.43. The smallest absolute Gasteiger partial charge is 0.305 e. The van der Waals surface area contributed by atoms with Gasteiger partial charge in [-0.2, -0.15) is 0 Å². The Morgan fingerprint density at radius 3 is 2.55 bits per heavy atom. The van der Waals surface area contributed by atoms with E-state index in [1.165, 1.54) is 18.2 Å². The monoisotopic (exact) mass is 402 g/mol. The number of ether oxygens (including phenoxy) is 1. The largest absolute Gasteiger partial charge is 0.469 e.